The Hall–Kier alpha value is -4.15. The van der Waals surface area contributed by atoms with Crippen LogP contribution in [0, 0.1) is 0 Å². The third-order valence-corrected chi connectivity index (χ3v) is 5.20. The molecule has 0 radical (unpaired) electrons. The first-order valence-electron chi connectivity index (χ1n) is 11.1. The molecular formula is C24H29N5O6. The number of carbonyl (C=O) groups excluding carboxylic acids is 2. The first-order valence-corrected chi connectivity index (χ1v) is 11.1. The summed E-state index contributed by atoms with van der Waals surface area (Å²) in [6.07, 6.45) is 2.67. The van der Waals surface area contributed by atoms with E-state index in [1.165, 1.54) is 0 Å². The molecule has 0 aliphatic carbocycles. The Labute approximate surface area is 201 Å². The van der Waals surface area contributed by atoms with Crippen LogP contribution in [0.4, 0.5) is 5.95 Å². The van der Waals surface area contributed by atoms with E-state index in [0.29, 0.717) is 29.4 Å². The highest BCUT2D eigenvalue weighted by Gasteiger charge is 2.24. The summed E-state index contributed by atoms with van der Waals surface area (Å²) < 4.78 is 5.18. The maximum absolute atomic E-state index is 12.6. The number of H-pyrrole nitrogens is 2. The van der Waals surface area contributed by atoms with E-state index in [1.807, 2.05) is 0 Å². The number of aromatic amines is 2. The van der Waals surface area contributed by atoms with E-state index in [4.69, 9.17) is 10.5 Å². The summed E-state index contributed by atoms with van der Waals surface area (Å²) >= 11 is 0. The molecule has 11 nitrogen and oxygen atoms in total. The quantitative estimate of drug-likeness (QED) is 0.286. The number of aromatic nitrogens is 3. The molecule has 2 aromatic heterocycles. The summed E-state index contributed by atoms with van der Waals surface area (Å²) in [6.45, 7) is 5.16. The summed E-state index contributed by atoms with van der Waals surface area (Å²) in [5.74, 6) is -2.28. The largest absolute Gasteiger partial charge is 0.480 e. The zero-order chi connectivity index (χ0) is 25.8. The lowest BCUT2D eigenvalue weighted by molar-refractivity contribution is -0.155. The standard InChI is InChI=1S/C24H29N5O6/c1-24(2,3)35-17(30)11-10-16(22(33)34)27-20(31)14-7-4-13(5-8-14)6-9-15-12-26-19-18(15)21(32)29-23(25)28-19/h4-5,7-8,12,16H,6,9-11H2,1-3H3,(H,27,31)(H,33,34)(H4,25,26,28,29,32). The van der Waals surface area contributed by atoms with Gasteiger partial charge in [-0.05, 0) is 63.3 Å². The number of anilines is 1. The lowest BCUT2D eigenvalue weighted by atomic mass is 10.0. The molecule has 0 saturated carbocycles. The number of esters is 1. The van der Waals surface area contributed by atoms with Crippen molar-refractivity contribution in [1.29, 1.82) is 0 Å². The highest BCUT2D eigenvalue weighted by molar-refractivity contribution is 5.96. The van der Waals surface area contributed by atoms with Crippen LogP contribution in [0.15, 0.2) is 35.3 Å². The number of rotatable bonds is 9. The van der Waals surface area contributed by atoms with Crippen molar-refractivity contribution in [3.8, 4) is 0 Å². The molecule has 3 aromatic rings. The minimum atomic E-state index is -1.23. The van der Waals surface area contributed by atoms with Crippen LogP contribution < -0.4 is 16.6 Å². The Morgan fingerprint density at radius 3 is 2.49 bits per heavy atom. The van der Waals surface area contributed by atoms with Gasteiger partial charge in [0.15, 0.2) is 0 Å². The Bertz CT molecular complexity index is 1290. The van der Waals surface area contributed by atoms with Gasteiger partial charge < -0.3 is 25.9 Å². The lowest BCUT2D eigenvalue weighted by Crippen LogP contribution is -2.41. The van der Waals surface area contributed by atoms with Crippen molar-refractivity contribution < 1.29 is 24.2 Å². The summed E-state index contributed by atoms with van der Waals surface area (Å²) in [6, 6.07) is 5.50. The van der Waals surface area contributed by atoms with Gasteiger partial charge in [0.2, 0.25) is 5.95 Å². The fraction of sp³-hybridized carbons (Fsp3) is 0.375. The molecular weight excluding hydrogens is 454 g/mol. The van der Waals surface area contributed by atoms with Gasteiger partial charge in [-0.25, -0.2) is 4.79 Å². The number of aliphatic carboxylic acids is 1. The molecule has 186 valence electrons. The normalized spacial score (nSPS) is 12.3. The van der Waals surface area contributed by atoms with Gasteiger partial charge in [0.25, 0.3) is 11.5 Å². The lowest BCUT2D eigenvalue weighted by Gasteiger charge is -2.20. The Morgan fingerprint density at radius 2 is 1.86 bits per heavy atom. The van der Waals surface area contributed by atoms with Crippen molar-refractivity contribution in [2.45, 2.75) is 58.1 Å². The number of carboxylic acids is 1. The Morgan fingerprint density at radius 1 is 1.17 bits per heavy atom. The van der Waals surface area contributed by atoms with Crippen molar-refractivity contribution >= 4 is 34.8 Å². The topological polar surface area (TPSA) is 180 Å². The van der Waals surface area contributed by atoms with Crippen LogP contribution in [0.5, 0.6) is 0 Å². The maximum atomic E-state index is 12.6. The molecule has 6 N–H and O–H groups in total. The maximum Gasteiger partial charge on any atom is 0.326 e. The average molecular weight is 484 g/mol. The number of hydrogen-bond donors (Lipinski definition) is 5. The van der Waals surface area contributed by atoms with Crippen molar-refractivity contribution in [3.05, 3.63) is 57.5 Å². The van der Waals surface area contributed by atoms with Crippen molar-refractivity contribution in [3.63, 3.8) is 0 Å². The predicted molar refractivity (Wildman–Crippen MR) is 129 cm³/mol. The monoisotopic (exact) mass is 483 g/mol. The molecule has 1 aromatic carbocycles. The number of carboxylic acid groups (broad SMARTS) is 1. The van der Waals surface area contributed by atoms with Crippen LogP contribution in [0.2, 0.25) is 0 Å². The van der Waals surface area contributed by atoms with Gasteiger partial charge >= 0.3 is 11.9 Å². The minimum Gasteiger partial charge on any atom is -0.480 e. The van der Waals surface area contributed by atoms with E-state index in [-0.39, 0.29) is 24.3 Å². The summed E-state index contributed by atoms with van der Waals surface area (Å²) in [7, 11) is 0. The number of carbonyl (C=O) groups is 3. The third kappa shape index (κ3) is 6.92. The second-order valence-electron chi connectivity index (χ2n) is 9.18. The predicted octanol–water partition coefficient (Wildman–Crippen LogP) is 1.92. The van der Waals surface area contributed by atoms with Gasteiger partial charge in [-0.3, -0.25) is 19.4 Å². The van der Waals surface area contributed by atoms with Crippen LogP contribution in [0.3, 0.4) is 0 Å². The number of benzene rings is 1. The highest BCUT2D eigenvalue weighted by Crippen LogP contribution is 2.16. The molecule has 0 aliphatic heterocycles. The number of hydrogen-bond acceptors (Lipinski definition) is 7. The molecule has 0 saturated heterocycles. The van der Waals surface area contributed by atoms with Crippen LogP contribution >= 0.6 is 0 Å². The number of nitrogen functional groups attached to an aromatic ring is 1. The molecule has 0 spiro atoms. The number of aryl methyl sites for hydroxylation is 2. The fourth-order valence-electron chi connectivity index (χ4n) is 3.57. The molecule has 3 rings (SSSR count). The molecule has 2 heterocycles. The number of fused-ring (bicyclic) bond motifs is 1. The minimum absolute atomic E-state index is 0.0414. The molecule has 0 aliphatic rings. The van der Waals surface area contributed by atoms with Crippen molar-refractivity contribution in [2.24, 2.45) is 0 Å². The summed E-state index contributed by atoms with van der Waals surface area (Å²) in [5, 5.41) is 12.3. The van der Waals surface area contributed by atoms with Gasteiger partial charge in [-0.15, -0.1) is 0 Å². The van der Waals surface area contributed by atoms with Crippen LogP contribution in [0.1, 0.15) is 55.1 Å². The molecule has 11 heteroatoms. The molecule has 35 heavy (non-hydrogen) atoms. The van der Waals surface area contributed by atoms with Crippen molar-refractivity contribution in [2.75, 3.05) is 5.73 Å². The highest BCUT2D eigenvalue weighted by atomic mass is 16.6. The zero-order valence-electron chi connectivity index (χ0n) is 19.8. The number of nitrogens with one attached hydrogen (secondary N) is 3. The van der Waals surface area contributed by atoms with Crippen LogP contribution in [-0.4, -0.2) is 49.5 Å². The molecule has 0 fully saturated rings. The summed E-state index contributed by atoms with van der Waals surface area (Å²) in [5.41, 5.74) is 7.02. The number of ether oxygens (including phenoxy) is 1. The molecule has 1 atom stereocenters. The first-order chi connectivity index (χ1) is 16.4. The first kappa shape index (κ1) is 25.5. The van der Waals surface area contributed by atoms with Gasteiger partial charge in [0.05, 0.1) is 5.39 Å². The molecule has 1 unspecified atom stereocenters. The van der Waals surface area contributed by atoms with Gasteiger partial charge in [0.1, 0.15) is 17.3 Å². The van der Waals surface area contributed by atoms with Crippen LogP contribution in [0.25, 0.3) is 11.0 Å². The van der Waals surface area contributed by atoms with E-state index in [2.05, 4.69) is 20.3 Å². The number of amides is 1. The van der Waals surface area contributed by atoms with E-state index in [9.17, 15) is 24.3 Å². The van der Waals surface area contributed by atoms with E-state index >= 15 is 0 Å². The average Bonchev–Trinajstić information content (AvgIpc) is 3.17. The Kier molecular flexibility index (Phi) is 7.58. The van der Waals surface area contributed by atoms with E-state index in [0.717, 1.165) is 11.1 Å². The molecule has 1 amide bonds. The second kappa shape index (κ2) is 10.4. The van der Waals surface area contributed by atoms with Gasteiger partial charge in [-0.1, -0.05) is 12.1 Å². The fourth-order valence-corrected chi connectivity index (χ4v) is 3.57. The summed E-state index contributed by atoms with van der Waals surface area (Å²) in [4.78, 5) is 57.7. The third-order valence-electron chi connectivity index (χ3n) is 5.20. The Balaban J connectivity index is 1.58. The smallest absolute Gasteiger partial charge is 0.326 e. The second-order valence-corrected chi connectivity index (χ2v) is 9.18. The molecule has 0 bridgehead atoms. The van der Waals surface area contributed by atoms with E-state index in [1.54, 1.807) is 51.2 Å². The number of nitrogens with two attached hydrogens (primary N) is 1. The van der Waals surface area contributed by atoms with Gasteiger partial charge in [-0.2, -0.15) is 4.98 Å². The van der Waals surface area contributed by atoms with Crippen molar-refractivity contribution in [1.82, 2.24) is 20.3 Å². The SMILES string of the molecule is CC(C)(C)OC(=O)CCC(NC(=O)c1ccc(CCc2c[nH]c3nc(N)[nH]c(=O)c23)cc1)C(=O)O. The zero-order valence-corrected chi connectivity index (χ0v) is 19.8. The number of nitrogens with zero attached hydrogens (tertiary/aromatic N) is 1. The van der Waals surface area contributed by atoms with Gasteiger partial charge in [0, 0.05) is 18.2 Å². The van der Waals surface area contributed by atoms with Crippen LogP contribution in [-0.2, 0) is 27.2 Å². The van der Waals surface area contributed by atoms with E-state index < -0.39 is 29.5 Å².